The van der Waals surface area contributed by atoms with E-state index >= 15 is 0 Å². The Balaban J connectivity index is 1.82. The summed E-state index contributed by atoms with van der Waals surface area (Å²) in [6, 6.07) is 4.68. The fourth-order valence-corrected chi connectivity index (χ4v) is 3.48. The number of aromatic nitrogens is 2. The molecule has 2 aromatic heterocycles. The number of hydrogen-bond donors (Lipinski definition) is 3. The first-order valence-corrected chi connectivity index (χ1v) is 9.29. The van der Waals surface area contributed by atoms with Crippen molar-refractivity contribution >= 4 is 17.3 Å². The van der Waals surface area contributed by atoms with Crippen molar-refractivity contribution in [1.82, 2.24) is 9.97 Å². The van der Waals surface area contributed by atoms with Crippen molar-refractivity contribution < 1.29 is 19.0 Å². The fourth-order valence-electron chi connectivity index (χ4n) is 3.32. The lowest BCUT2D eigenvalue weighted by atomic mass is 9.86. The van der Waals surface area contributed by atoms with Crippen LogP contribution in [-0.4, -0.2) is 39.4 Å². The molecule has 0 unspecified atom stereocenters. The normalized spacial score (nSPS) is 20.5. The van der Waals surface area contributed by atoms with Crippen molar-refractivity contribution in [2.75, 3.05) is 18.5 Å². The van der Waals surface area contributed by atoms with Gasteiger partial charge in [0.15, 0.2) is 0 Å². The highest BCUT2D eigenvalue weighted by Gasteiger charge is 2.31. The number of nitrogens with zero attached hydrogens (tertiary/aromatic N) is 2. The molecule has 0 amide bonds. The first-order valence-electron chi connectivity index (χ1n) is 8.91. The zero-order valence-corrected chi connectivity index (χ0v) is 15.5. The fraction of sp³-hybridized carbons (Fsp3) is 0.474. The van der Waals surface area contributed by atoms with E-state index in [1.165, 1.54) is 12.1 Å². The van der Waals surface area contributed by atoms with Crippen LogP contribution in [0.1, 0.15) is 31.2 Å². The summed E-state index contributed by atoms with van der Waals surface area (Å²) in [5.74, 6) is -2.97. The van der Waals surface area contributed by atoms with E-state index in [0.29, 0.717) is 22.3 Å². The van der Waals surface area contributed by atoms with Gasteiger partial charge in [0.25, 0.3) is 5.92 Å². The molecule has 0 bridgehead atoms. The minimum Gasteiger partial charge on any atom is -0.396 e. The molecule has 1 saturated carbocycles. The van der Waals surface area contributed by atoms with Gasteiger partial charge >= 0.3 is 0 Å². The van der Waals surface area contributed by atoms with E-state index in [0.717, 1.165) is 37.6 Å². The third-order valence-electron chi connectivity index (χ3n) is 5.00. The molecule has 0 atom stereocenters. The van der Waals surface area contributed by atoms with Crippen LogP contribution in [0.15, 0.2) is 30.6 Å². The number of anilines is 1. The van der Waals surface area contributed by atoms with E-state index < -0.39 is 12.5 Å². The summed E-state index contributed by atoms with van der Waals surface area (Å²) in [4.78, 5) is 8.21. The van der Waals surface area contributed by atoms with E-state index in [9.17, 15) is 13.9 Å². The largest absolute Gasteiger partial charge is 0.396 e. The van der Waals surface area contributed by atoms with Gasteiger partial charge in [0.1, 0.15) is 11.8 Å². The number of aliphatic hydroxyl groups is 2. The van der Waals surface area contributed by atoms with E-state index in [1.54, 1.807) is 12.3 Å². The molecule has 0 spiro atoms. The smallest absolute Gasteiger partial charge is 0.297 e. The molecule has 1 fully saturated rings. The minimum atomic E-state index is -3.32. The van der Waals surface area contributed by atoms with Gasteiger partial charge in [-0.3, -0.25) is 4.98 Å². The maximum absolute atomic E-state index is 13.6. The number of nitrogens with one attached hydrogen (secondary N) is 1. The molecule has 5 nitrogen and oxygen atoms in total. The Labute approximate surface area is 161 Å². The second kappa shape index (κ2) is 8.46. The first-order chi connectivity index (χ1) is 12.9. The summed E-state index contributed by atoms with van der Waals surface area (Å²) >= 11 is 6.04. The Morgan fingerprint density at radius 2 is 1.85 bits per heavy atom. The summed E-state index contributed by atoms with van der Waals surface area (Å²) in [5.41, 5.74) is 1.56. The average molecular weight is 398 g/mol. The molecule has 8 heteroatoms. The predicted molar refractivity (Wildman–Crippen MR) is 99.9 cm³/mol. The van der Waals surface area contributed by atoms with Crippen molar-refractivity contribution in [3.63, 3.8) is 0 Å². The van der Waals surface area contributed by atoms with Crippen molar-refractivity contribution in [2.24, 2.45) is 5.92 Å². The number of halogens is 3. The Kier molecular flexibility index (Phi) is 6.24. The van der Waals surface area contributed by atoms with Crippen LogP contribution in [0.2, 0.25) is 5.15 Å². The molecule has 1 aliphatic rings. The van der Waals surface area contributed by atoms with Crippen LogP contribution in [0.25, 0.3) is 11.3 Å². The summed E-state index contributed by atoms with van der Waals surface area (Å²) < 4.78 is 27.1. The molecule has 3 rings (SSSR count). The number of pyridine rings is 2. The molecular weight excluding hydrogens is 376 g/mol. The van der Waals surface area contributed by atoms with E-state index in [1.807, 2.05) is 0 Å². The second-order valence-corrected chi connectivity index (χ2v) is 7.28. The van der Waals surface area contributed by atoms with Gasteiger partial charge in [0.2, 0.25) is 0 Å². The van der Waals surface area contributed by atoms with Gasteiger partial charge in [-0.15, -0.1) is 0 Å². The second-order valence-electron chi connectivity index (χ2n) is 6.89. The molecular formula is C19H22ClF2N3O2. The standard InChI is InChI=1S/C19H22ClF2N3O2/c20-18-7-17(25-14-4-1-12(10-26)2-5-14)15(9-24-18)16-6-3-13(8-23-16)19(21,22)11-27/h3,6-9,12,14,26-27H,1-2,4-5,10-11H2,(H,24,25). The molecule has 1 aliphatic carbocycles. The quantitative estimate of drug-likeness (QED) is 0.645. The molecule has 2 heterocycles. The lowest BCUT2D eigenvalue weighted by Gasteiger charge is -2.29. The molecule has 0 radical (unpaired) electrons. The Morgan fingerprint density at radius 3 is 2.44 bits per heavy atom. The molecule has 146 valence electrons. The van der Waals surface area contributed by atoms with Crippen molar-refractivity contribution in [3.05, 3.63) is 41.3 Å². The third kappa shape index (κ3) is 4.72. The van der Waals surface area contributed by atoms with Gasteiger partial charge in [0.05, 0.1) is 5.69 Å². The van der Waals surface area contributed by atoms with Gasteiger partial charge in [-0.25, -0.2) is 4.98 Å². The molecule has 2 aromatic rings. The van der Waals surface area contributed by atoms with Gasteiger partial charge in [-0.2, -0.15) is 8.78 Å². The van der Waals surface area contributed by atoms with Crippen molar-refractivity contribution in [3.8, 4) is 11.3 Å². The van der Waals surface area contributed by atoms with Crippen LogP contribution in [0.4, 0.5) is 14.5 Å². The van der Waals surface area contributed by atoms with E-state index in [2.05, 4.69) is 15.3 Å². The van der Waals surface area contributed by atoms with Crippen molar-refractivity contribution in [2.45, 2.75) is 37.6 Å². The van der Waals surface area contributed by atoms with Crippen molar-refractivity contribution in [1.29, 1.82) is 0 Å². The summed E-state index contributed by atoms with van der Waals surface area (Å²) in [6.45, 7) is -1.05. The van der Waals surface area contributed by atoms with E-state index in [4.69, 9.17) is 16.7 Å². The molecule has 3 N–H and O–H groups in total. The Bertz CT molecular complexity index is 766. The maximum atomic E-state index is 13.6. The Morgan fingerprint density at radius 1 is 1.11 bits per heavy atom. The SMILES string of the molecule is OCC1CCC(Nc2cc(Cl)ncc2-c2ccc(C(F)(F)CO)cn2)CC1. The summed E-state index contributed by atoms with van der Waals surface area (Å²) in [7, 11) is 0. The summed E-state index contributed by atoms with van der Waals surface area (Å²) in [6.07, 6.45) is 6.39. The number of alkyl halides is 2. The van der Waals surface area contributed by atoms with Gasteiger partial charge in [-0.05, 0) is 49.8 Å². The number of rotatable bonds is 6. The number of hydrogen-bond acceptors (Lipinski definition) is 5. The van der Waals surface area contributed by atoms with Crippen LogP contribution in [0.3, 0.4) is 0 Å². The highest BCUT2D eigenvalue weighted by molar-refractivity contribution is 6.29. The van der Waals surface area contributed by atoms with Gasteiger partial charge in [0, 0.05) is 41.9 Å². The Hall–Kier alpha value is -1.83. The summed E-state index contributed by atoms with van der Waals surface area (Å²) in [5, 5.41) is 21.9. The van der Waals surface area contributed by atoms with Crippen LogP contribution in [-0.2, 0) is 5.92 Å². The monoisotopic (exact) mass is 397 g/mol. The first kappa shape index (κ1) is 19.9. The van der Waals surface area contributed by atoms with Crippen LogP contribution >= 0.6 is 11.6 Å². The lowest BCUT2D eigenvalue weighted by Crippen LogP contribution is -2.27. The molecule has 0 saturated heterocycles. The zero-order valence-electron chi connectivity index (χ0n) is 14.7. The number of aliphatic hydroxyl groups excluding tert-OH is 2. The minimum absolute atomic E-state index is 0.216. The molecule has 0 aliphatic heterocycles. The highest BCUT2D eigenvalue weighted by Crippen LogP contribution is 2.33. The van der Waals surface area contributed by atoms with Crippen LogP contribution < -0.4 is 5.32 Å². The average Bonchev–Trinajstić information content (AvgIpc) is 2.69. The molecule has 0 aromatic carbocycles. The molecule has 27 heavy (non-hydrogen) atoms. The van der Waals surface area contributed by atoms with Crippen LogP contribution in [0.5, 0.6) is 0 Å². The zero-order chi connectivity index (χ0) is 19.4. The van der Waals surface area contributed by atoms with E-state index in [-0.39, 0.29) is 18.2 Å². The lowest BCUT2D eigenvalue weighted by molar-refractivity contribution is -0.0558. The van der Waals surface area contributed by atoms with Gasteiger partial charge in [-0.1, -0.05) is 11.6 Å². The topological polar surface area (TPSA) is 78.3 Å². The van der Waals surface area contributed by atoms with Gasteiger partial charge < -0.3 is 15.5 Å². The predicted octanol–water partition coefficient (Wildman–Crippen LogP) is 3.84. The van der Waals surface area contributed by atoms with Crippen LogP contribution in [0, 0.1) is 5.92 Å². The highest BCUT2D eigenvalue weighted by atomic mass is 35.5. The third-order valence-corrected chi connectivity index (χ3v) is 5.20. The maximum Gasteiger partial charge on any atom is 0.297 e.